The number of ether oxygens (including phenoxy) is 1. The number of benzene rings is 3. The zero-order valence-corrected chi connectivity index (χ0v) is 19.6. The Bertz CT molecular complexity index is 1340. The number of carbonyl (C=O) groups excluding carboxylic acids is 2. The molecule has 12 heteroatoms. The minimum Gasteiger partial charge on any atom is -0.496 e. The summed E-state index contributed by atoms with van der Waals surface area (Å²) in [7, 11) is 1.39. The van der Waals surface area contributed by atoms with E-state index < -0.39 is 21.7 Å². The molecule has 178 valence electrons. The van der Waals surface area contributed by atoms with Crippen LogP contribution in [0.4, 0.5) is 17.1 Å². The van der Waals surface area contributed by atoms with Crippen molar-refractivity contribution < 1.29 is 24.2 Å². The Kier molecular flexibility index (Phi) is 7.89. The zero-order valence-electron chi connectivity index (χ0n) is 18.1. The Morgan fingerprint density at radius 1 is 0.943 bits per heavy atom. The number of methoxy groups -OCH3 is 1. The van der Waals surface area contributed by atoms with Gasteiger partial charge in [0.05, 0.1) is 22.5 Å². The van der Waals surface area contributed by atoms with Crippen molar-refractivity contribution in [3.8, 4) is 5.75 Å². The van der Waals surface area contributed by atoms with Gasteiger partial charge in [-0.25, -0.2) is 0 Å². The van der Waals surface area contributed by atoms with Crippen molar-refractivity contribution in [2.24, 2.45) is 0 Å². The number of amides is 2. The molecule has 0 fully saturated rings. The summed E-state index contributed by atoms with van der Waals surface area (Å²) < 4.78 is 5.82. The van der Waals surface area contributed by atoms with Crippen LogP contribution in [-0.2, 0) is 4.79 Å². The predicted octanol–water partition coefficient (Wildman–Crippen LogP) is 4.68. The highest BCUT2D eigenvalue weighted by atomic mass is 79.9. The second kappa shape index (κ2) is 11.0. The van der Waals surface area contributed by atoms with Crippen molar-refractivity contribution in [3.63, 3.8) is 0 Å². The van der Waals surface area contributed by atoms with Gasteiger partial charge in [-0.3, -0.25) is 29.8 Å². The van der Waals surface area contributed by atoms with Gasteiger partial charge in [0.25, 0.3) is 23.2 Å². The van der Waals surface area contributed by atoms with E-state index in [1.54, 1.807) is 12.1 Å². The topological polar surface area (TPSA) is 154 Å². The summed E-state index contributed by atoms with van der Waals surface area (Å²) in [6.45, 7) is 0. The Morgan fingerprint density at radius 2 is 1.63 bits per heavy atom. The highest BCUT2D eigenvalue weighted by molar-refractivity contribution is 9.10. The Balaban J connectivity index is 1.96. The zero-order chi connectivity index (χ0) is 25.5. The molecule has 0 bridgehead atoms. The van der Waals surface area contributed by atoms with Gasteiger partial charge in [-0.05, 0) is 42.0 Å². The van der Waals surface area contributed by atoms with Crippen LogP contribution in [0.15, 0.2) is 76.9 Å². The van der Waals surface area contributed by atoms with Crippen molar-refractivity contribution in [1.29, 1.82) is 0 Å². The maximum Gasteiger partial charge on any atom is 0.272 e. The molecule has 11 nitrogen and oxygen atoms in total. The molecule has 0 aliphatic carbocycles. The molecule has 2 N–H and O–H groups in total. The fourth-order valence-electron chi connectivity index (χ4n) is 2.97. The monoisotopic (exact) mass is 540 g/mol. The van der Waals surface area contributed by atoms with Gasteiger partial charge in [-0.1, -0.05) is 28.1 Å². The van der Waals surface area contributed by atoms with Gasteiger partial charge >= 0.3 is 0 Å². The third kappa shape index (κ3) is 6.48. The van der Waals surface area contributed by atoms with E-state index in [1.165, 1.54) is 67.8 Å². The molecule has 0 saturated heterocycles. The van der Waals surface area contributed by atoms with Crippen LogP contribution >= 0.6 is 15.9 Å². The first-order valence-corrected chi connectivity index (χ1v) is 10.6. The quantitative estimate of drug-likeness (QED) is 0.238. The minimum absolute atomic E-state index is 0.134. The molecular weight excluding hydrogens is 524 g/mol. The molecule has 3 rings (SSSR count). The van der Waals surface area contributed by atoms with Crippen molar-refractivity contribution in [1.82, 2.24) is 5.32 Å². The summed E-state index contributed by atoms with van der Waals surface area (Å²) in [5, 5.41) is 27.0. The molecule has 0 aliphatic heterocycles. The van der Waals surface area contributed by atoms with Crippen molar-refractivity contribution in [2.75, 3.05) is 12.4 Å². The average Bonchev–Trinajstić information content (AvgIpc) is 2.84. The lowest BCUT2D eigenvalue weighted by atomic mass is 10.1. The molecule has 35 heavy (non-hydrogen) atoms. The van der Waals surface area contributed by atoms with E-state index in [0.29, 0.717) is 4.47 Å². The SMILES string of the molecule is COc1ccc(Br)cc1C(=O)N/C(=C\c1cccc([N+](=O)[O-])c1)C(=O)Nc1ccc([N+](=O)[O-])cc1. The summed E-state index contributed by atoms with van der Waals surface area (Å²) in [6, 6.07) is 15.3. The number of non-ortho nitro benzene ring substituents is 2. The fraction of sp³-hybridized carbons (Fsp3) is 0.0435. The molecule has 0 atom stereocenters. The van der Waals surface area contributed by atoms with E-state index in [0.717, 1.165) is 0 Å². The van der Waals surface area contributed by atoms with Crippen molar-refractivity contribution in [3.05, 3.63) is 108 Å². The lowest BCUT2D eigenvalue weighted by molar-refractivity contribution is -0.385. The van der Waals surface area contributed by atoms with Gasteiger partial charge in [-0.2, -0.15) is 0 Å². The molecule has 0 heterocycles. The maximum absolute atomic E-state index is 13.0. The van der Waals surface area contributed by atoms with Gasteiger partial charge in [0, 0.05) is 34.4 Å². The Labute approximate surface area is 206 Å². The number of anilines is 1. The number of nitrogens with one attached hydrogen (secondary N) is 2. The van der Waals surface area contributed by atoms with Gasteiger partial charge < -0.3 is 15.4 Å². The molecule has 0 radical (unpaired) electrons. The average molecular weight is 541 g/mol. The second-order valence-corrected chi connectivity index (χ2v) is 7.88. The van der Waals surface area contributed by atoms with Crippen LogP contribution in [0.5, 0.6) is 5.75 Å². The van der Waals surface area contributed by atoms with E-state index >= 15 is 0 Å². The van der Waals surface area contributed by atoms with Crippen LogP contribution in [0, 0.1) is 20.2 Å². The number of hydrogen-bond acceptors (Lipinski definition) is 7. The van der Waals surface area contributed by atoms with Crippen LogP contribution in [0.2, 0.25) is 0 Å². The fourth-order valence-corrected chi connectivity index (χ4v) is 3.33. The number of hydrogen-bond donors (Lipinski definition) is 2. The number of nitrogens with zero attached hydrogens (tertiary/aromatic N) is 2. The molecule has 0 unspecified atom stereocenters. The van der Waals surface area contributed by atoms with Crippen LogP contribution in [-0.4, -0.2) is 28.8 Å². The molecule has 0 aliphatic rings. The maximum atomic E-state index is 13.0. The van der Waals surface area contributed by atoms with E-state index in [2.05, 4.69) is 26.6 Å². The largest absolute Gasteiger partial charge is 0.496 e. The smallest absolute Gasteiger partial charge is 0.272 e. The van der Waals surface area contributed by atoms with Gasteiger partial charge in [0.15, 0.2) is 0 Å². The van der Waals surface area contributed by atoms with Crippen LogP contribution < -0.4 is 15.4 Å². The second-order valence-electron chi connectivity index (χ2n) is 6.97. The normalized spacial score (nSPS) is 10.9. The standard InChI is InChI=1S/C23H17BrN4O7/c1-35-21-10-5-15(24)13-19(21)22(29)26-20(12-14-3-2-4-18(11-14)28(33)34)23(30)25-16-6-8-17(9-7-16)27(31)32/h2-13H,1H3,(H,25,30)(H,26,29)/b20-12-. The van der Waals surface area contributed by atoms with E-state index in [4.69, 9.17) is 4.74 Å². The lowest BCUT2D eigenvalue weighted by Gasteiger charge is -2.13. The minimum atomic E-state index is -0.757. The number of nitro groups is 2. The summed E-state index contributed by atoms with van der Waals surface area (Å²) in [4.78, 5) is 46.9. The summed E-state index contributed by atoms with van der Waals surface area (Å²) in [6.07, 6.45) is 1.27. The van der Waals surface area contributed by atoms with Crippen LogP contribution in [0.1, 0.15) is 15.9 Å². The molecule has 0 aromatic heterocycles. The molecule has 2 amide bonds. The Hall–Kier alpha value is -4.58. The van der Waals surface area contributed by atoms with Crippen LogP contribution in [0.25, 0.3) is 6.08 Å². The van der Waals surface area contributed by atoms with E-state index in [1.807, 2.05) is 0 Å². The van der Waals surface area contributed by atoms with Crippen molar-refractivity contribution in [2.45, 2.75) is 0 Å². The molecular formula is C23H17BrN4O7. The first-order chi connectivity index (χ1) is 16.7. The summed E-state index contributed by atoms with van der Waals surface area (Å²) >= 11 is 3.28. The first kappa shape index (κ1) is 25.1. The number of nitro benzene ring substituents is 2. The number of rotatable bonds is 8. The van der Waals surface area contributed by atoms with E-state index in [-0.39, 0.29) is 39.6 Å². The van der Waals surface area contributed by atoms with E-state index in [9.17, 15) is 29.8 Å². The third-order valence-corrected chi connectivity index (χ3v) is 5.12. The highest BCUT2D eigenvalue weighted by Gasteiger charge is 2.19. The third-order valence-electron chi connectivity index (χ3n) is 4.63. The lowest BCUT2D eigenvalue weighted by Crippen LogP contribution is -2.31. The summed E-state index contributed by atoms with van der Waals surface area (Å²) in [5.74, 6) is -1.16. The number of carbonyl (C=O) groups is 2. The molecule has 0 spiro atoms. The molecule has 3 aromatic carbocycles. The molecule has 3 aromatic rings. The predicted molar refractivity (Wildman–Crippen MR) is 131 cm³/mol. The summed E-state index contributed by atoms with van der Waals surface area (Å²) in [5.41, 5.74) is 0.0690. The Morgan fingerprint density at radius 3 is 2.26 bits per heavy atom. The van der Waals surface area contributed by atoms with Gasteiger partial charge in [0.1, 0.15) is 11.4 Å². The highest BCUT2D eigenvalue weighted by Crippen LogP contribution is 2.24. The number of halogens is 1. The first-order valence-electron chi connectivity index (χ1n) is 9.85. The van der Waals surface area contributed by atoms with Gasteiger partial charge in [-0.15, -0.1) is 0 Å². The van der Waals surface area contributed by atoms with Crippen LogP contribution in [0.3, 0.4) is 0 Å². The van der Waals surface area contributed by atoms with Crippen molar-refractivity contribution >= 4 is 50.9 Å². The van der Waals surface area contributed by atoms with Gasteiger partial charge in [0.2, 0.25) is 0 Å². The molecule has 0 saturated carbocycles.